The van der Waals surface area contributed by atoms with Crippen LogP contribution in [0.2, 0.25) is 0 Å². The lowest BCUT2D eigenvalue weighted by Crippen LogP contribution is -2.00. The Bertz CT molecular complexity index is 228. The zero-order valence-electron chi connectivity index (χ0n) is 7.36. The molecule has 1 unspecified atom stereocenters. The lowest BCUT2D eigenvalue weighted by Gasteiger charge is -2.10. The summed E-state index contributed by atoms with van der Waals surface area (Å²) in [5, 5.41) is 0. The van der Waals surface area contributed by atoms with Crippen LogP contribution in [0, 0.1) is 0 Å². The summed E-state index contributed by atoms with van der Waals surface area (Å²) in [6.07, 6.45) is 1.49. The van der Waals surface area contributed by atoms with Crippen molar-refractivity contribution in [3.63, 3.8) is 0 Å². The minimum Gasteiger partial charge on any atom is -0.501 e. The number of ether oxygens (including phenoxy) is 1. The third-order valence-corrected chi connectivity index (χ3v) is 1.83. The maximum absolute atomic E-state index is 5.11. The standard InChI is InChI=1S/C11H14O/c1-3-12-9-10(2)11-7-5-4-6-8-11/h3-8,10H,1,9H2,2H3. The monoisotopic (exact) mass is 162 g/mol. The van der Waals surface area contributed by atoms with Crippen LogP contribution in [-0.4, -0.2) is 6.61 Å². The van der Waals surface area contributed by atoms with Crippen molar-refractivity contribution in [1.29, 1.82) is 0 Å². The van der Waals surface area contributed by atoms with Gasteiger partial charge in [-0.2, -0.15) is 0 Å². The van der Waals surface area contributed by atoms with Crippen molar-refractivity contribution in [3.8, 4) is 0 Å². The first-order chi connectivity index (χ1) is 5.84. The van der Waals surface area contributed by atoms with Crippen LogP contribution in [0.5, 0.6) is 0 Å². The van der Waals surface area contributed by atoms with E-state index in [0.717, 1.165) is 0 Å². The SMILES string of the molecule is C=COCC(C)c1ccccc1. The number of hydrogen-bond acceptors (Lipinski definition) is 1. The van der Waals surface area contributed by atoms with Crippen molar-refractivity contribution in [2.75, 3.05) is 6.61 Å². The van der Waals surface area contributed by atoms with Gasteiger partial charge in [-0.15, -0.1) is 0 Å². The van der Waals surface area contributed by atoms with Crippen molar-refractivity contribution in [1.82, 2.24) is 0 Å². The maximum atomic E-state index is 5.11. The molecule has 0 radical (unpaired) electrons. The Kier molecular flexibility index (Phi) is 3.39. The second-order valence-electron chi connectivity index (χ2n) is 2.81. The third-order valence-electron chi connectivity index (χ3n) is 1.83. The summed E-state index contributed by atoms with van der Waals surface area (Å²) in [6.45, 7) is 6.34. The Hall–Kier alpha value is -1.24. The molecule has 0 heterocycles. The first-order valence-corrected chi connectivity index (χ1v) is 4.12. The summed E-state index contributed by atoms with van der Waals surface area (Å²) < 4.78 is 5.11. The summed E-state index contributed by atoms with van der Waals surface area (Å²) in [6, 6.07) is 10.3. The largest absolute Gasteiger partial charge is 0.501 e. The zero-order valence-corrected chi connectivity index (χ0v) is 7.36. The smallest absolute Gasteiger partial charge is 0.0938 e. The molecule has 1 atom stereocenters. The van der Waals surface area contributed by atoms with Gasteiger partial charge in [0.1, 0.15) is 0 Å². The molecule has 0 fully saturated rings. The van der Waals surface area contributed by atoms with Gasteiger partial charge in [0.2, 0.25) is 0 Å². The molecule has 0 aromatic heterocycles. The molecule has 1 heteroatoms. The van der Waals surface area contributed by atoms with E-state index in [0.29, 0.717) is 12.5 Å². The maximum Gasteiger partial charge on any atom is 0.0938 e. The summed E-state index contributed by atoms with van der Waals surface area (Å²) in [5.74, 6) is 0.434. The fraction of sp³-hybridized carbons (Fsp3) is 0.273. The van der Waals surface area contributed by atoms with Crippen molar-refractivity contribution in [3.05, 3.63) is 48.7 Å². The highest BCUT2D eigenvalue weighted by molar-refractivity contribution is 5.18. The first-order valence-electron chi connectivity index (χ1n) is 4.12. The molecule has 1 aromatic carbocycles. The van der Waals surface area contributed by atoms with Gasteiger partial charge in [-0.05, 0) is 5.56 Å². The van der Waals surface area contributed by atoms with Gasteiger partial charge in [0.05, 0.1) is 12.9 Å². The van der Waals surface area contributed by atoms with Gasteiger partial charge >= 0.3 is 0 Å². The molecular formula is C11H14O. The summed E-state index contributed by atoms with van der Waals surface area (Å²) >= 11 is 0. The van der Waals surface area contributed by atoms with Gasteiger partial charge in [-0.25, -0.2) is 0 Å². The molecule has 0 saturated carbocycles. The Morgan fingerprint density at radius 2 is 2.08 bits per heavy atom. The molecule has 0 aliphatic rings. The summed E-state index contributed by atoms with van der Waals surface area (Å²) in [4.78, 5) is 0. The average molecular weight is 162 g/mol. The fourth-order valence-electron chi connectivity index (χ4n) is 1.09. The third kappa shape index (κ3) is 2.42. The minimum absolute atomic E-state index is 0.434. The van der Waals surface area contributed by atoms with Crippen molar-refractivity contribution in [2.45, 2.75) is 12.8 Å². The van der Waals surface area contributed by atoms with Crippen molar-refractivity contribution >= 4 is 0 Å². The Labute approximate surface area is 73.7 Å². The molecule has 1 aromatic rings. The van der Waals surface area contributed by atoms with E-state index in [4.69, 9.17) is 4.74 Å². The van der Waals surface area contributed by atoms with Gasteiger partial charge < -0.3 is 4.74 Å². The normalized spacial score (nSPS) is 12.1. The number of rotatable bonds is 4. The highest BCUT2D eigenvalue weighted by Crippen LogP contribution is 2.14. The summed E-state index contributed by atoms with van der Waals surface area (Å²) in [7, 11) is 0. The molecule has 12 heavy (non-hydrogen) atoms. The second kappa shape index (κ2) is 4.60. The summed E-state index contributed by atoms with van der Waals surface area (Å²) in [5.41, 5.74) is 1.30. The quantitative estimate of drug-likeness (QED) is 0.618. The lowest BCUT2D eigenvalue weighted by atomic mass is 10.0. The van der Waals surface area contributed by atoms with Crippen LogP contribution in [0.4, 0.5) is 0 Å². The molecule has 0 aliphatic carbocycles. The minimum atomic E-state index is 0.434. The van der Waals surface area contributed by atoms with Crippen molar-refractivity contribution in [2.24, 2.45) is 0 Å². The van der Waals surface area contributed by atoms with Crippen LogP contribution in [0.1, 0.15) is 18.4 Å². The Balaban J connectivity index is 2.53. The average Bonchev–Trinajstić information content (AvgIpc) is 2.15. The molecular weight excluding hydrogens is 148 g/mol. The van der Waals surface area contributed by atoms with Gasteiger partial charge in [0.25, 0.3) is 0 Å². The predicted molar refractivity (Wildman–Crippen MR) is 51.0 cm³/mol. The second-order valence-corrected chi connectivity index (χ2v) is 2.81. The predicted octanol–water partition coefficient (Wildman–Crippen LogP) is 2.95. The first kappa shape index (κ1) is 8.85. The number of benzene rings is 1. The van der Waals surface area contributed by atoms with Crippen LogP contribution in [0.25, 0.3) is 0 Å². The molecule has 0 N–H and O–H groups in total. The zero-order chi connectivity index (χ0) is 8.81. The lowest BCUT2D eigenvalue weighted by molar-refractivity contribution is 0.233. The Morgan fingerprint density at radius 3 is 2.67 bits per heavy atom. The molecule has 0 saturated heterocycles. The van der Waals surface area contributed by atoms with E-state index < -0.39 is 0 Å². The van der Waals surface area contributed by atoms with Crippen LogP contribution >= 0.6 is 0 Å². The van der Waals surface area contributed by atoms with Crippen LogP contribution in [0.3, 0.4) is 0 Å². The van der Waals surface area contributed by atoms with Gasteiger partial charge in [-0.1, -0.05) is 43.8 Å². The topological polar surface area (TPSA) is 9.23 Å². The van der Waals surface area contributed by atoms with Crippen LogP contribution in [0.15, 0.2) is 43.2 Å². The fourth-order valence-corrected chi connectivity index (χ4v) is 1.09. The highest BCUT2D eigenvalue weighted by Gasteiger charge is 2.02. The van der Waals surface area contributed by atoms with E-state index in [9.17, 15) is 0 Å². The van der Waals surface area contributed by atoms with Gasteiger partial charge in [0, 0.05) is 5.92 Å². The molecule has 0 bridgehead atoms. The van der Waals surface area contributed by atoms with E-state index in [1.807, 2.05) is 18.2 Å². The van der Waals surface area contributed by atoms with E-state index in [-0.39, 0.29) is 0 Å². The van der Waals surface area contributed by atoms with Gasteiger partial charge in [0.15, 0.2) is 0 Å². The Morgan fingerprint density at radius 1 is 1.42 bits per heavy atom. The van der Waals surface area contributed by atoms with E-state index in [1.165, 1.54) is 11.8 Å². The molecule has 0 aliphatic heterocycles. The molecule has 1 nitrogen and oxygen atoms in total. The molecule has 0 amide bonds. The molecule has 64 valence electrons. The highest BCUT2D eigenvalue weighted by atomic mass is 16.5. The van der Waals surface area contributed by atoms with Crippen LogP contribution in [-0.2, 0) is 4.74 Å². The van der Waals surface area contributed by atoms with Crippen LogP contribution < -0.4 is 0 Å². The molecule has 0 spiro atoms. The van der Waals surface area contributed by atoms with E-state index in [2.05, 4.69) is 25.6 Å². The number of hydrogen-bond donors (Lipinski definition) is 0. The van der Waals surface area contributed by atoms with Crippen molar-refractivity contribution < 1.29 is 4.74 Å². The van der Waals surface area contributed by atoms with E-state index in [1.54, 1.807) is 0 Å². The van der Waals surface area contributed by atoms with Gasteiger partial charge in [-0.3, -0.25) is 0 Å². The van der Waals surface area contributed by atoms with E-state index >= 15 is 0 Å². The molecule has 1 rings (SSSR count).